The van der Waals surface area contributed by atoms with Gasteiger partial charge in [-0.25, -0.2) is 9.78 Å². The first-order chi connectivity index (χ1) is 14.0. The highest BCUT2D eigenvalue weighted by Gasteiger charge is 2.10. The van der Waals surface area contributed by atoms with Gasteiger partial charge in [-0.2, -0.15) is 4.98 Å². The fourth-order valence-electron chi connectivity index (χ4n) is 2.70. The molecule has 1 aromatic heterocycles. The topological polar surface area (TPSA) is 94.6 Å². The van der Waals surface area contributed by atoms with Gasteiger partial charge in [0, 0.05) is 23.5 Å². The Labute approximate surface area is 168 Å². The van der Waals surface area contributed by atoms with Gasteiger partial charge >= 0.3 is 5.97 Å². The van der Waals surface area contributed by atoms with Crippen molar-refractivity contribution in [3.05, 3.63) is 59.8 Å². The summed E-state index contributed by atoms with van der Waals surface area (Å²) in [6, 6.07) is 14.2. The fraction of sp³-hybridized carbons (Fsp3) is 0.190. The van der Waals surface area contributed by atoms with Crippen molar-refractivity contribution >= 4 is 29.1 Å². The molecule has 150 valence electrons. The number of ether oxygens (including phenoxy) is 3. The van der Waals surface area contributed by atoms with Gasteiger partial charge in [0.05, 0.1) is 32.6 Å². The lowest BCUT2D eigenvalue weighted by Gasteiger charge is -2.13. The molecule has 29 heavy (non-hydrogen) atoms. The summed E-state index contributed by atoms with van der Waals surface area (Å²) in [5.74, 6) is 1.89. The van der Waals surface area contributed by atoms with Crippen molar-refractivity contribution in [2.75, 3.05) is 32.0 Å². The maximum absolute atomic E-state index is 11.7. The minimum atomic E-state index is -0.409. The highest BCUT2D eigenvalue weighted by atomic mass is 16.5. The molecular formula is C21H22N4O4. The number of benzene rings is 2. The number of carbonyl (C=O) groups is 1. The molecule has 0 atom stereocenters. The molecule has 0 aliphatic carbocycles. The van der Waals surface area contributed by atoms with Crippen LogP contribution < -0.4 is 20.1 Å². The molecule has 0 saturated heterocycles. The predicted octanol–water partition coefficient (Wildman–Crippen LogP) is 4.08. The Morgan fingerprint density at radius 1 is 0.931 bits per heavy atom. The zero-order valence-electron chi connectivity index (χ0n) is 16.6. The number of esters is 1. The van der Waals surface area contributed by atoms with Crippen LogP contribution in [0.15, 0.2) is 48.5 Å². The van der Waals surface area contributed by atoms with E-state index in [0.717, 1.165) is 11.4 Å². The fourth-order valence-corrected chi connectivity index (χ4v) is 2.70. The van der Waals surface area contributed by atoms with Crippen molar-refractivity contribution in [3.63, 3.8) is 0 Å². The van der Waals surface area contributed by atoms with E-state index in [9.17, 15) is 4.79 Å². The number of carbonyl (C=O) groups excluding carboxylic acids is 1. The molecule has 0 bridgehead atoms. The van der Waals surface area contributed by atoms with Crippen molar-refractivity contribution in [2.45, 2.75) is 6.92 Å². The van der Waals surface area contributed by atoms with Gasteiger partial charge in [0.2, 0.25) is 5.95 Å². The van der Waals surface area contributed by atoms with Crippen molar-refractivity contribution in [2.24, 2.45) is 0 Å². The molecule has 0 aliphatic rings. The second-order valence-electron chi connectivity index (χ2n) is 6.11. The van der Waals surface area contributed by atoms with Gasteiger partial charge in [-0.1, -0.05) is 6.07 Å². The summed E-state index contributed by atoms with van der Waals surface area (Å²) in [5, 5.41) is 6.35. The van der Waals surface area contributed by atoms with Crippen molar-refractivity contribution < 1.29 is 19.0 Å². The standard InChI is InChI=1S/C21H22N4O4/c1-13-10-19(24-17-9-8-16(27-2)12-18(17)28-3)25-21(22-13)23-15-7-5-6-14(11-15)20(26)29-4/h5-12H,1-4H3,(H2,22,23,24,25). The molecule has 0 aliphatic heterocycles. The smallest absolute Gasteiger partial charge is 0.337 e. The van der Waals surface area contributed by atoms with Crippen LogP contribution in [0.5, 0.6) is 11.5 Å². The molecule has 3 aromatic rings. The molecule has 3 rings (SSSR count). The molecule has 8 heteroatoms. The van der Waals surface area contributed by atoms with Crippen LogP contribution in [0.2, 0.25) is 0 Å². The van der Waals surface area contributed by atoms with Gasteiger partial charge in [0.25, 0.3) is 0 Å². The number of hydrogen-bond donors (Lipinski definition) is 2. The Morgan fingerprint density at radius 3 is 2.48 bits per heavy atom. The monoisotopic (exact) mass is 394 g/mol. The summed E-state index contributed by atoms with van der Waals surface area (Å²) in [5.41, 5.74) is 2.62. The first kappa shape index (κ1) is 19.9. The maximum atomic E-state index is 11.7. The Balaban J connectivity index is 1.85. The van der Waals surface area contributed by atoms with E-state index in [1.807, 2.05) is 31.2 Å². The Hall–Kier alpha value is -3.81. The molecule has 2 aromatic carbocycles. The summed E-state index contributed by atoms with van der Waals surface area (Å²) in [7, 11) is 4.53. The zero-order valence-corrected chi connectivity index (χ0v) is 16.6. The second kappa shape index (κ2) is 8.92. The van der Waals surface area contributed by atoms with E-state index in [2.05, 4.69) is 20.6 Å². The number of hydrogen-bond acceptors (Lipinski definition) is 8. The van der Waals surface area contributed by atoms with E-state index in [-0.39, 0.29) is 0 Å². The van der Waals surface area contributed by atoms with Crippen molar-refractivity contribution in [1.29, 1.82) is 0 Å². The van der Waals surface area contributed by atoms with Crippen molar-refractivity contribution in [3.8, 4) is 11.5 Å². The minimum absolute atomic E-state index is 0.391. The van der Waals surface area contributed by atoms with E-state index in [1.165, 1.54) is 7.11 Å². The van der Waals surface area contributed by atoms with E-state index < -0.39 is 5.97 Å². The number of anilines is 4. The van der Waals surface area contributed by atoms with Crippen LogP contribution in [0.4, 0.5) is 23.1 Å². The number of rotatable bonds is 7. The van der Waals surface area contributed by atoms with Crippen LogP contribution >= 0.6 is 0 Å². The van der Waals surface area contributed by atoms with Crippen LogP contribution in [-0.4, -0.2) is 37.3 Å². The molecular weight excluding hydrogens is 372 g/mol. The third-order valence-electron chi connectivity index (χ3n) is 4.07. The molecule has 2 N–H and O–H groups in total. The molecule has 0 fully saturated rings. The quantitative estimate of drug-likeness (QED) is 0.579. The number of aryl methyl sites for hydroxylation is 1. The van der Waals surface area contributed by atoms with Crippen LogP contribution in [-0.2, 0) is 4.74 Å². The van der Waals surface area contributed by atoms with Gasteiger partial charge in [0.15, 0.2) is 0 Å². The summed E-state index contributed by atoms with van der Waals surface area (Å²) in [6.07, 6.45) is 0. The lowest BCUT2D eigenvalue weighted by atomic mass is 10.2. The molecule has 8 nitrogen and oxygen atoms in total. The largest absolute Gasteiger partial charge is 0.497 e. The zero-order chi connectivity index (χ0) is 20.8. The van der Waals surface area contributed by atoms with E-state index in [1.54, 1.807) is 38.5 Å². The number of nitrogens with one attached hydrogen (secondary N) is 2. The molecule has 0 unspecified atom stereocenters. The van der Waals surface area contributed by atoms with Gasteiger partial charge in [-0.3, -0.25) is 0 Å². The average Bonchev–Trinajstić information content (AvgIpc) is 2.73. The van der Waals surface area contributed by atoms with Gasteiger partial charge in [0.1, 0.15) is 17.3 Å². The van der Waals surface area contributed by atoms with E-state index in [0.29, 0.717) is 34.5 Å². The highest BCUT2D eigenvalue weighted by Crippen LogP contribution is 2.31. The lowest BCUT2D eigenvalue weighted by Crippen LogP contribution is -2.05. The van der Waals surface area contributed by atoms with Crippen LogP contribution in [0, 0.1) is 6.92 Å². The van der Waals surface area contributed by atoms with E-state index >= 15 is 0 Å². The van der Waals surface area contributed by atoms with E-state index in [4.69, 9.17) is 14.2 Å². The van der Waals surface area contributed by atoms with Crippen LogP contribution in [0.3, 0.4) is 0 Å². The summed E-state index contributed by atoms with van der Waals surface area (Å²) >= 11 is 0. The van der Waals surface area contributed by atoms with Gasteiger partial charge in [-0.05, 0) is 37.3 Å². The number of methoxy groups -OCH3 is 3. The Morgan fingerprint density at radius 2 is 1.76 bits per heavy atom. The highest BCUT2D eigenvalue weighted by molar-refractivity contribution is 5.90. The van der Waals surface area contributed by atoms with Gasteiger partial charge < -0.3 is 24.8 Å². The number of aromatic nitrogens is 2. The summed E-state index contributed by atoms with van der Waals surface area (Å²) in [6.45, 7) is 1.87. The molecule has 1 heterocycles. The molecule has 0 spiro atoms. The predicted molar refractivity (Wildman–Crippen MR) is 111 cm³/mol. The lowest BCUT2D eigenvalue weighted by molar-refractivity contribution is 0.0601. The first-order valence-corrected chi connectivity index (χ1v) is 8.82. The minimum Gasteiger partial charge on any atom is -0.497 e. The summed E-state index contributed by atoms with van der Waals surface area (Å²) in [4.78, 5) is 20.6. The first-order valence-electron chi connectivity index (χ1n) is 8.82. The average molecular weight is 394 g/mol. The normalized spacial score (nSPS) is 10.2. The number of nitrogens with zero attached hydrogens (tertiary/aromatic N) is 2. The molecule has 0 radical (unpaired) electrons. The van der Waals surface area contributed by atoms with Crippen LogP contribution in [0.25, 0.3) is 0 Å². The summed E-state index contributed by atoms with van der Waals surface area (Å²) < 4.78 is 15.4. The third-order valence-corrected chi connectivity index (χ3v) is 4.07. The second-order valence-corrected chi connectivity index (χ2v) is 6.11. The Bertz CT molecular complexity index is 1020. The third kappa shape index (κ3) is 4.92. The molecule has 0 saturated carbocycles. The van der Waals surface area contributed by atoms with Crippen molar-refractivity contribution in [1.82, 2.24) is 9.97 Å². The maximum Gasteiger partial charge on any atom is 0.337 e. The van der Waals surface area contributed by atoms with Crippen LogP contribution in [0.1, 0.15) is 16.1 Å². The Kier molecular flexibility index (Phi) is 6.13. The molecule has 0 amide bonds. The SMILES string of the molecule is COC(=O)c1cccc(Nc2nc(C)cc(Nc3ccc(OC)cc3OC)n2)c1. The van der Waals surface area contributed by atoms with Gasteiger partial charge in [-0.15, -0.1) is 0 Å².